The minimum Gasteiger partial charge on any atom is -0.507 e. The minimum absolute atomic E-state index is 0.212. The van der Waals surface area contributed by atoms with Crippen LogP contribution in [0, 0.1) is 0 Å². The highest BCUT2D eigenvalue weighted by Crippen LogP contribution is 2.39. The predicted molar refractivity (Wildman–Crippen MR) is 193 cm³/mol. The molecule has 0 aliphatic rings. The summed E-state index contributed by atoms with van der Waals surface area (Å²) in [5.41, 5.74) is 4.61. The van der Waals surface area contributed by atoms with Gasteiger partial charge in [0.15, 0.2) is 0 Å². The molecule has 0 atom stereocenters. The molecule has 8 aromatic rings. The van der Waals surface area contributed by atoms with E-state index in [0.717, 1.165) is 65.6 Å². The van der Waals surface area contributed by atoms with Gasteiger partial charge in [-0.2, -0.15) is 0 Å². The maximum Gasteiger partial charge on any atom is 0.132 e. The fraction of sp³-hybridized carbons (Fsp3) is 0. The molecule has 4 heteroatoms. The molecule has 0 aliphatic heterocycles. The molecule has 46 heavy (non-hydrogen) atoms. The van der Waals surface area contributed by atoms with Gasteiger partial charge in [0, 0.05) is 45.5 Å². The zero-order chi connectivity index (χ0) is 31.0. The van der Waals surface area contributed by atoms with Crippen LogP contribution in [0.4, 0.5) is 11.4 Å². The van der Waals surface area contributed by atoms with Crippen LogP contribution in [-0.2, 0) is 0 Å². The summed E-state index contributed by atoms with van der Waals surface area (Å²) < 4.78 is 0. The molecule has 0 radical (unpaired) electrons. The fourth-order valence-corrected chi connectivity index (χ4v) is 6.30. The highest BCUT2D eigenvalue weighted by Gasteiger charge is 2.12. The highest BCUT2D eigenvalue weighted by atomic mass is 16.3. The number of nitrogens with zero attached hydrogens (tertiary/aromatic N) is 2. The maximum atomic E-state index is 11.4. The summed E-state index contributed by atoms with van der Waals surface area (Å²) in [7, 11) is 0. The smallest absolute Gasteiger partial charge is 0.132 e. The number of aromatic hydroxyl groups is 2. The molecular formula is C42H28N2O2. The molecule has 0 saturated heterocycles. The zero-order valence-electron chi connectivity index (χ0n) is 24.8. The Kier molecular flexibility index (Phi) is 6.73. The van der Waals surface area contributed by atoms with Gasteiger partial charge in [-0.05, 0) is 56.6 Å². The number of fused-ring (bicyclic) bond motifs is 6. The van der Waals surface area contributed by atoms with Gasteiger partial charge in [-0.15, -0.1) is 0 Å². The zero-order valence-corrected chi connectivity index (χ0v) is 24.8. The van der Waals surface area contributed by atoms with Gasteiger partial charge in [0.2, 0.25) is 0 Å². The van der Waals surface area contributed by atoms with Gasteiger partial charge in [0.05, 0.1) is 11.4 Å². The Balaban J connectivity index is 1.17. The van der Waals surface area contributed by atoms with Gasteiger partial charge in [-0.25, -0.2) is 0 Å². The summed E-state index contributed by atoms with van der Waals surface area (Å²) in [6.07, 6.45) is 3.44. The first-order valence-electron chi connectivity index (χ1n) is 15.2. The number of phenolic OH excluding ortho intramolecular Hbond substituents is 2. The molecule has 0 aromatic heterocycles. The molecule has 0 aliphatic carbocycles. The normalized spacial score (nSPS) is 11.9. The first-order valence-corrected chi connectivity index (χ1v) is 15.2. The molecular weight excluding hydrogens is 564 g/mol. The number of phenols is 2. The van der Waals surface area contributed by atoms with Crippen LogP contribution in [0.1, 0.15) is 11.1 Å². The van der Waals surface area contributed by atoms with Crippen molar-refractivity contribution in [1.82, 2.24) is 0 Å². The van der Waals surface area contributed by atoms with E-state index in [1.165, 1.54) is 0 Å². The van der Waals surface area contributed by atoms with E-state index in [9.17, 15) is 10.2 Å². The van der Waals surface area contributed by atoms with Crippen molar-refractivity contribution >= 4 is 66.9 Å². The summed E-state index contributed by atoms with van der Waals surface area (Å²) in [4.78, 5) is 9.72. The van der Waals surface area contributed by atoms with Crippen LogP contribution in [0.15, 0.2) is 156 Å². The van der Waals surface area contributed by atoms with E-state index in [0.29, 0.717) is 11.1 Å². The summed E-state index contributed by atoms with van der Waals surface area (Å²) in [5, 5.41) is 30.5. The third-order valence-corrected chi connectivity index (χ3v) is 8.61. The van der Waals surface area contributed by atoms with E-state index in [-0.39, 0.29) is 11.5 Å². The van der Waals surface area contributed by atoms with Crippen LogP contribution in [0.25, 0.3) is 54.2 Å². The molecule has 0 amide bonds. The minimum atomic E-state index is 0.212. The van der Waals surface area contributed by atoms with E-state index >= 15 is 0 Å². The molecule has 0 heterocycles. The third-order valence-electron chi connectivity index (χ3n) is 8.61. The van der Waals surface area contributed by atoms with Crippen molar-refractivity contribution in [3.63, 3.8) is 0 Å². The molecule has 0 saturated carbocycles. The molecule has 4 nitrogen and oxygen atoms in total. The largest absolute Gasteiger partial charge is 0.507 e. The first kappa shape index (κ1) is 27.3. The van der Waals surface area contributed by atoms with Gasteiger partial charge in [-0.1, -0.05) is 121 Å². The molecule has 2 N–H and O–H groups in total. The lowest BCUT2D eigenvalue weighted by atomic mass is 9.99. The third kappa shape index (κ3) is 4.73. The Hall–Kier alpha value is -6.26. The van der Waals surface area contributed by atoms with Crippen molar-refractivity contribution in [2.24, 2.45) is 9.98 Å². The highest BCUT2D eigenvalue weighted by molar-refractivity contribution is 6.14. The number of hydrogen-bond donors (Lipinski definition) is 2. The second-order valence-corrected chi connectivity index (χ2v) is 11.3. The monoisotopic (exact) mass is 592 g/mol. The lowest BCUT2D eigenvalue weighted by Gasteiger charge is -2.11. The predicted octanol–water partition coefficient (Wildman–Crippen LogP) is 10.9. The van der Waals surface area contributed by atoms with Gasteiger partial charge in [-0.3, -0.25) is 9.98 Å². The van der Waals surface area contributed by atoms with Crippen molar-refractivity contribution in [1.29, 1.82) is 0 Å². The second-order valence-electron chi connectivity index (χ2n) is 11.3. The van der Waals surface area contributed by atoms with Gasteiger partial charge in [0.1, 0.15) is 11.5 Å². The van der Waals surface area contributed by atoms with Crippen LogP contribution in [0.5, 0.6) is 11.5 Å². The SMILES string of the molecule is Oc1c(C=Nc2ccccc2-c2ccccc2N=Cc2ccc3ccc4ccccc4c3c2O)ccc2ccc3ccccc3c12. The summed E-state index contributed by atoms with van der Waals surface area (Å²) in [5.74, 6) is 0.423. The Bertz CT molecular complexity index is 2340. The standard InChI is InChI=1S/C42H28N2O2/c45-41-31(23-21-29-19-17-27-9-1-3-11-33(27)39(29)41)25-43-37-15-7-5-13-35(37)36-14-6-8-16-38(36)44-26-32-24-22-30-20-18-28-10-2-4-12-34(28)40(30)42(32)46/h1-26,45-46H. The Morgan fingerprint density at radius 1 is 0.370 bits per heavy atom. The molecule has 8 aromatic carbocycles. The average Bonchev–Trinajstić information content (AvgIpc) is 3.11. The van der Waals surface area contributed by atoms with E-state index in [4.69, 9.17) is 9.98 Å². The Morgan fingerprint density at radius 3 is 1.22 bits per heavy atom. The van der Waals surface area contributed by atoms with Crippen molar-refractivity contribution in [2.45, 2.75) is 0 Å². The van der Waals surface area contributed by atoms with E-state index in [1.54, 1.807) is 12.4 Å². The van der Waals surface area contributed by atoms with Gasteiger partial charge in [0.25, 0.3) is 0 Å². The molecule has 0 spiro atoms. The van der Waals surface area contributed by atoms with Crippen LogP contribution in [0.3, 0.4) is 0 Å². The van der Waals surface area contributed by atoms with Gasteiger partial charge < -0.3 is 10.2 Å². The molecule has 0 unspecified atom stereocenters. The van der Waals surface area contributed by atoms with Crippen LogP contribution in [0.2, 0.25) is 0 Å². The topological polar surface area (TPSA) is 65.2 Å². The van der Waals surface area contributed by atoms with Crippen molar-refractivity contribution in [3.8, 4) is 22.6 Å². The first-order chi connectivity index (χ1) is 22.7. The molecule has 0 bridgehead atoms. The number of aliphatic imine (C=N–C) groups is 2. The van der Waals surface area contributed by atoms with Crippen molar-refractivity contribution in [3.05, 3.63) is 157 Å². The lowest BCUT2D eigenvalue weighted by Crippen LogP contribution is -1.88. The van der Waals surface area contributed by atoms with E-state index in [1.807, 2.05) is 121 Å². The summed E-state index contributed by atoms with van der Waals surface area (Å²) in [6.45, 7) is 0. The molecule has 0 fully saturated rings. The number of rotatable bonds is 5. The maximum absolute atomic E-state index is 11.4. The number of para-hydroxylation sites is 2. The van der Waals surface area contributed by atoms with Crippen LogP contribution < -0.4 is 0 Å². The average molecular weight is 593 g/mol. The van der Waals surface area contributed by atoms with E-state index < -0.39 is 0 Å². The fourth-order valence-electron chi connectivity index (χ4n) is 6.30. The Morgan fingerprint density at radius 2 is 0.739 bits per heavy atom. The lowest BCUT2D eigenvalue weighted by molar-refractivity contribution is 0.480. The van der Waals surface area contributed by atoms with Crippen molar-refractivity contribution < 1.29 is 10.2 Å². The quantitative estimate of drug-likeness (QED) is 0.154. The second kappa shape index (κ2) is 11.3. The van der Waals surface area contributed by atoms with Gasteiger partial charge >= 0.3 is 0 Å². The summed E-state index contributed by atoms with van der Waals surface area (Å²) in [6, 6.07) is 48.0. The summed E-state index contributed by atoms with van der Waals surface area (Å²) >= 11 is 0. The van der Waals surface area contributed by atoms with Crippen LogP contribution >= 0.6 is 0 Å². The number of benzene rings is 8. The van der Waals surface area contributed by atoms with Crippen LogP contribution in [-0.4, -0.2) is 22.6 Å². The number of hydrogen-bond acceptors (Lipinski definition) is 4. The van der Waals surface area contributed by atoms with Crippen molar-refractivity contribution in [2.75, 3.05) is 0 Å². The molecule has 8 rings (SSSR count). The molecule has 218 valence electrons. The van der Waals surface area contributed by atoms with E-state index in [2.05, 4.69) is 24.3 Å². The Labute approximate surface area is 265 Å².